The van der Waals surface area contributed by atoms with Gasteiger partial charge in [-0.15, -0.1) is 0 Å². The predicted molar refractivity (Wildman–Crippen MR) is 164 cm³/mol. The zero-order valence-electron chi connectivity index (χ0n) is 24.7. The van der Waals surface area contributed by atoms with Crippen molar-refractivity contribution in [3.05, 3.63) is 70.3 Å². The molecular weight excluding hydrogens is 543 g/mol. The van der Waals surface area contributed by atoms with Gasteiger partial charge in [0.05, 0.1) is 12.4 Å². The Kier molecular flexibility index (Phi) is 7.57. The third-order valence-electron chi connectivity index (χ3n) is 10.3. The Morgan fingerprint density at radius 2 is 1.70 bits per heavy atom. The van der Waals surface area contributed by atoms with Gasteiger partial charge in [-0.05, 0) is 68.4 Å². The molecule has 8 nitrogen and oxygen atoms in total. The summed E-state index contributed by atoms with van der Waals surface area (Å²) in [5.74, 6) is 2.19. The molecule has 3 fully saturated rings. The second-order valence-corrected chi connectivity index (χ2v) is 12.9. The van der Waals surface area contributed by atoms with Crippen LogP contribution in [0.4, 0.5) is 4.39 Å². The largest absolute Gasteiger partial charge is 0.335 e. The van der Waals surface area contributed by atoms with Crippen molar-refractivity contribution in [1.29, 1.82) is 0 Å². The summed E-state index contributed by atoms with van der Waals surface area (Å²) in [5, 5.41) is 3.02. The number of halogens is 1. The smallest absolute Gasteiger partial charge is 0.273 e. The molecular formula is C34H39FN6O2. The second-order valence-electron chi connectivity index (χ2n) is 12.9. The van der Waals surface area contributed by atoms with Crippen molar-refractivity contribution in [2.45, 2.75) is 76.7 Å². The summed E-state index contributed by atoms with van der Waals surface area (Å²) in [7, 11) is 0. The van der Waals surface area contributed by atoms with Gasteiger partial charge in [-0.3, -0.25) is 19.1 Å². The molecule has 1 N–H and O–H groups in total. The minimum Gasteiger partial charge on any atom is -0.335 e. The highest BCUT2D eigenvalue weighted by atomic mass is 19.1. The van der Waals surface area contributed by atoms with Gasteiger partial charge in [0.15, 0.2) is 11.5 Å². The van der Waals surface area contributed by atoms with Crippen LogP contribution in [0, 0.1) is 17.8 Å². The van der Waals surface area contributed by atoms with E-state index in [0.29, 0.717) is 23.9 Å². The van der Waals surface area contributed by atoms with Crippen molar-refractivity contribution < 1.29 is 9.18 Å². The standard InChI is InChI=1S/C34H39FN6O2/c1-21-27(19-35)20-40(21)34(43)30-31(32-36-15-4-16-37-32)39-41-29(42)18-28(38-33(30)41)26-13-11-25(12-14-26)24-9-7-23(8-10-24)17-22-5-2-3-6-22/h4,11-16,18,21-24,27,39H,2-3,5-10,17,19-20H2,1H3/t21-,23?,24?,27-/m1/s1. The van der Waals surface area contributed by atoms with Gasteiger partial charge < -0.3 is 4.90 Å². The molecule has 0 radical (unpaired) electrons. The van der Waals surface area contributed by atoms with Gasteiger partial charge >= 0.3 is 0 Å². The van der Waals surface area contributed by atoms with E-state index in [2.05, 4.69) is 27.2 Å². The van der Waals surface area contributed by atoms with E-state index in [-0.39, 0.29) is 40.5 Å². The highest BCUT2D eigenvalue weighted by Crippen LogP contribution is 2.41. The first-order valence-electron chi connectivity index (χ1n) is 15.9. The topological polar surface area (TPSA) is 96.3 Å². The molecule has 2 atom stereocenters. The number of H-pyrrole nitrogens is 1. The molecule has 4 heterocycles. The quantitative estimate of drug-likeness (QED) is 0.271. The highest BCUT2D eigenvalue weighted by Gasteiger charge is 2.41. The fraction of sp³-hybridized carbons (Fsp3) is 0.500. The van der Waals surface area contributed by atoms with E-state index in [1.807, 2.05) is 19.1 Å². The third-order valence-corrected chi connectivity index (χ3v) is 10.3. The van der Waals surface area contributed by atoms with Crippen LogP contribution in [0.15, 0.2) is 53.6 Å². The number of benzene rings is 1. The van der Waals surface area contributed by atoms with E-state index in [9.17, 15) is 14.0 Å². The fourth-order valence-electron chi connectivity index (χ4n) is 7.63. The number of amides is 1. The fourth-order valence-corrected chi connectivity index (χ4v) is 7.63. The molecule has 7 rings (SSSR count). The van der Waals surface area contributed by atoms with Crippen molar-refractivity contribution in [1.82, 2.24) is 29.5 Å². The lowest BCUT2D eigenvalue weighted by molar-refractivity contribution is 0.0142. The maximum absolute atomic E-state index is 13.8. The van der Waals surface area contributed by atoms with Gasteiger partial charge in [0.25, 0.3) is 11.5 Å². The Morgan fingerprint density at radius 1 is 1.00 bits per heavy atom. The van der Waals surface area contributed by atoms with Crippen LogP contribution in [-0.4, -0.2) is 54.6 Å². The number of rotatable bonds is 7. The minimum atomic E-state index is -0.479. The van der Waals surface area contributed by atoms with E-state index in [4.69, 9.17) is 4.98 Å². The Balaban J connectivity index is 1.17. The highest BCUT2D eigenvalue weighted by molar-refractivity contribution is 6.05. The number of likely N-dealkylation sites (tertiary alicyclic amines) is 1. The number of carbonyl (C=O) groups excluding carboxylic acids is 1. The SMILES string of the molecule is C[C@@H]1[C@H](CF)CN1C(=O)c1c(-c2ncccn2)[nH]n2c(=O)cc(-c3ccc(C4CCC(CC5CCCC5)CC4)cc3)nc12. The molecule has 0 spiro atoms. The Hall–Kier alpha value is -3.88. The summed E-state index contributed by atoms with van der Waals surface area (Å²) in [6, 6.07) is 11.3. The van der Waals surface area contributed by atoms with Crippen LogP contribution in [0.3, 0.4) is 0 Å². The lowest BCUT2D eigenvalue weighted by Gasteiger charge is -2.45. The molecule has 0 bridgehead atoms. The lowest BCUT2D eigenvalue weighted by Crippen LogP contribution is -2.58. The zero-order chi connectivity index (χ0) is 29.5. The number of hydrogen-bond donors (Lipinski definition) is 1. The molecule has 3 aliphatic rings. The first-order valence-corrected chi connectivity index (χ1v) is 15.9. The minimum absolute atomic E-state index is 0.197. The van der Waals surface area contributed by atoms with Crippen LogP contribution >= 0.6 is 0 Å². The average Bonchev–Trinajstić information content (AvgIpc) is 3.70. The normalized spacial score (nSPS) is 24.4. The molecule has 1 amide bonds. The first-order chi connectivity index (χ1) is 21.0. The van der Waals surface area contributed by atoms with Crippen molar-refractivity contribution in [3.63, 3.8) is 0 Å². The molecule has 1 aromatic carbocycles. The summed E-state index contributed by atoms with van der Waals surface area (Å²) >= 11 is 0. The Labute approximate surface area is 250 Å². The Morgan fingerprint density at radius 3 is 2.37 bits per heavy atom. The van der Waals surface area contributed by atoms with Gasteiger partial charge in [-0.2, -0.15) is 0 Å². The summed E-state index contributed by atoms with van der Waals surface area (Å²) < 4.78 is 14.7. The summed E-state index contributed by atoms with van der Waals surface area (Å²) in [4.78, 5) is 42.3. The molecule has 0 unspecified atom stereocenters. The van der Waals surface area contributed by atoms with E-state index in [1.54, 1.807) is 23.4 Å². The van der Waals surface area contributed by atoms with Crippen molar-refractivity contribution in [3.8, 4) is 22.8 Å². The lowest BCUT2D eigenvalue weighted by atomic mass is 9.75. The van der Waals surface area contributed by atoms with E-state index < -0.39 is 6.67 Å². The van der Waals surface area contributed by atoms with Crippen LogP contribution in [0.5, 0.6) is 0 Å². The van der Waals surface area contributed by atoms with E-state index >= 15 is 0 Å². The molecule has 224 valence electrons. The molecule has 2 aliphatic carbocycles. The van der Waals surface area contributed by atoms with Crippen molar-refractivity contribution in [2.75, 3.05) is 13.2 Å². The van der Waals surface area contributed by atoms with Crippen LogP contribution in [0.2, 0.25) is 0 Å². The Bertz CT molecular complexity index is 1650. The number of fused-ring (bicyclic) bond motifs is 1. The number of aromatic nitrogens is 5. The number of nitrogens with zero attached hydrogens (tertiary/aromatic N) is 5. The van der Waals surface area contributed by atoms with Crippen molar-refractivity contribution >= 4 is 11.6 Å². The molecule has 43 heavy (non-hydrogen) atoms. The zero-order valence-corrected chi connectivity index (χ0v) is 24.7. The number of alkyl halides is 1. The first kappa shape index (κ1) is 27.9. The molecule has 3 aromatic heterocycles. The average molecular weight is 583 g/mol. The van der Waals surface area contributed by atoms with Crippen LogP contribution in [0.1, 0.15) is 86.6 Å². The molecule has 9 heteroatoms. The third kappa shape index (κ3) is 5.27. The van der Waals surface area contributed by atoms with Gasteiger partial charge in [0.1, 0.15) is 11.3 Å². The van der Waals surface area contributed by atoms with Crippen LogP contribution in [0.25, 0.3) is 28.4 Å². The van der Waals surface area contributed by atoms with Crippen molar-refractivity contribution in [2.24, 2.45) is 17.8 Å². The number of aromatic amines is 1. The number of hydrogen-bond acceptors (Lipinski definition) is 5. The second kappa shape index (κ2) is 11.7. The number of nitrogens with one attached hydrogen (secondary N) is 1. The summed E-state index contributed by atoms with van der Waals surface area (Å²) in [6.45, 7) is 1.68. The monoisotopic (exact) mass is 582 g/mol. The van der Waals surface area contributed by atoms with Crippen LogP contribution < -0.4 is 5.56 Å². The molecule has 4 aromatic rings. The molecule has 1 saturated heterocycles. The van der Waals surface area contributed by atoms with Gasteiger partial charge in [-0.1, -0.05) is 49.9 Å². The van der Waals surface area contributed by atoms with E-state index in [1.165, 1.54) is 73.9 Å². The van der Waals surface area contributed by atoms with Gasteiger partial charge in [0.2, 0.25) is 0 Å². The number of carbonyl (C=O) groups is 1. The van der Waals surface area contributed by atoms with Crippen LogP contribution in [-0.2, 0) is 0 Å². The van der Waals surface area contributed by atoms with Gasteiger partial charge in [-0.25, -0.2) is 19.5 Å². The van der Waals surface area contributed by atoms with E-state index in [0.717, 1.165) is 17.4 Å². The maximum atomic E-state index is 13.8. The summed E-state index contributed by atoms with van der Waals surface area (Å²) in [6.07, 6.45) is 15.4. The van der Waals surface area contributed by atoms with Gasteiger partial charge in [0, 0.05) is 42.5 Å². The molecule has 1 aliphatic heterocycles. The predicted octanol–water partition coefficient (Wildman–Crippen LogP) is 6.43. The maximum Gasteiger partial charge on any atom is 0.273 e. The summed E-state index contributed by atoms with van der Waals surface area (Å²) in [5.41, 5.74) is 3.10. The molecule has 2 saturated carbocycles.